The molecule has 1 amide bonds. The van der Waals surface area contributed by atoms with E-state index in [2.05, 4.69) is 24.1 Å². The molecule has 0 saturated heterocycles. The minimum atomic E-state index is -4.30. The molecular weight excluding hydrogens is 329 g/mol. The number of nitrogens with zero attached hydrogens (tertiary/aromatic N) is 1. The van der Waals surface area contributed by atoms with Crippen LogP contribution in [-0.4, -0.2) is 37.0 Å². The average Bonchev–Trinajstić information content (AvgIpc) is 2.48. The minimum absolute atomic E-state index is 0.0830. The summed E-state index contributed by atoms with van der Waals surface area (Å²) >= 11 is 0. The lowest BCUT2D eigenvalue weighted by Gasteiger charge is -2.69. The van der Waals surface area contributed by atoms with Crippen molar-refractivity contribution in [1.29, 1.82) is 0 Å². The number of halogens is 3. The fourth-order valence-corrected chi connectivity index (χ4v) is 4.40. The molecule has 1 N–H and O–H groups in total. The van der Waals surface area contributed by atoms with E-state index in [4.69, 9.17) is 0 Å². The SMILES string of the molecule is CCN(CC)CCNC(=O)C12CC(c3ccc(C(F)(F)F)cc3)(C1)C2. The third-order valence-corrected chi connectivity index (χ3v) is 5.94. The fraction of sp³-hybridized carbons (Fsp3) is 0.632. The Bertz CT molecular complexity index is 615. The summed E-state index contributed by atoms with van der Waals surface area (Å²) < 4.78 is 38.0. The molecule has 0 atom stereocenters. The molecule has 0 aromatic heterocycles. The molecular formula is C19H25F3N2O. The van der Waals surface area contributed by atoms with Crippen LogP contribution in [0, 0.1) is 5.41 Å². The van der Waals surface area contributed by atoms with Crippen LogP contribution >= 0.6 is 0 Å². The zero-order valence-electron chi connectivity index (χ0n) is 14.7. The molecule has 1 aromatic carbocycles. The number of benzene rings is 1. The van der Waals surface area contributed by atoms with Crippen LogP contribution in [-0.2, 0) is 16.4 Å². The van der Waals surface area contributed by atoms with Gasteiger partial charge < -0.3 is 10.2 Å². The Morgan fingerprint density at radius 1 is 1.12 bits per heavy atom. The van der Waals surface area contributed by atoms with Gasteiger partial charge in [0, 0.05) is 13.1 Å². The predicted molar refractivity (Wildman–Crippen MR) is 90.2 cm³/mol. The summed E-state index contributed by atoms with van der Waals surface area (Å²) in [6.07, 6.45) is -2.04. The second-order valence-corrected chi connectivity index (χ2v) is 7.45. The van der Waals surface area contributed by atoms with Crippen LogP contribution < -0.4 is 5.32 Å². The number of likely N-dealkylation sites (N-methyl/N-ethyl adjacent to an activating group) is 1. The van der Waals surface area contributed by atoms with Gasteiger partial charge in [0.1, 0.15) is 0 Å². The van der Waals surface area contributed by atoms with Crippen molar-refractivity contribution in [2.24, 2.45) is 5.41 Å². The molecule has 3 saturated carbocycles. The molecule has 3 nitrogen and oxygen atoms in total. The first-order valence-electron chi connectivity index (χ1n) is 8.93. The summed E-state index contributed by atoms with van der Waals surface area (Å²) in [6, 6.07) is 5.44. The first-order valence-corrected chi connectivity index (χ1v) is 8.93. The quantitative estimate of drug-likeness (QED) is 0.812. The van der Waals surface area contributed by atoms with Gasteiger partial charge in [-0.25, -0.2) is 0 Å². The molecule has 138 valence electrons. The molecule has 2 bridgehead atoms. The van der Waals surface area contributed by atoms with E-state index in [0.29, 0.717) is 6.54 Å². The Labute approximate surface area is 146 Å². The van der Waals surface area contributed by atoms with Crippen LogP contribution in [0.2, 0.25) is 0 Å². The standard InChI is InChI=1S/C19H25F3N2O/c1-3-24(4-2)10-9-23-16(25)18-11-17(12-18,13-18)14-5-7-15(8-6-14)19(20,21)22/h5-8H,3-4,9-13H2,1-2H3,(H,23,25). The second kappa shape index (κ2) is 6.31. The van der Waals surface area contributed by atoms with Gasteiger partial charge in [0.2, 0.25) is 5.91 Å². The molecule has 3 aliphatic rings. The van der Waals surface area contributed by atoms with Crippen molar-refractivity contribution in [3.63, 3.8) is 0 Å². The summed E-state index contributed by atoms with van der Waals surface area (Å²) in [4.78, 5) is 14.7. The molecule has 3 aliphatic carbocycles. The zero-order chi connectivity index (χ0) is 18.3. The van der Waals surface area contributed by atoms with E-state index >= 15 is 0 Å². The lowest BCUT2D eigenvalue weighted by molar-refractivity contribution is -0.176. The topological polar surface area (TPSA) is 32.3 Å². The molecule has 25 heavy (non-hydrogen) atoms. The lowest BCUT2D eigenvalue weighted by Crippen LogP contribution is -2.70. The number of carbonyl (C=O) groups is 1. The third kappa shape index (κ3) is 3.16. The largest absolute Gasteiger partial charge is 0.416 e. The normalized spacial score (nSPS) is 27.6. The zero-order valence-corrected chi connectivity index (χ0v) is 14.7. The van der Waals surface area contributed by atoms with E-state index in [0.717, 1.165) is 56.6 Å². The highest BCUT2D eigenvalue weighted by atomic mass is 19.4. The third-order valence-electron chi connectivity index (χ3n) is 5.94. The highest BCUT2D eigenvalue weighted by Crippen LogP contribution is 2.73. The Kier molecular flexibility index (Phi) is 4.60. The van der Waals surface area contributed by atoms with Crippen LogP contribution in [0.15, 0.2) is 24.3 Å². The number of hydrogen-bond acceptors (Lipinski definition) is 2. The van der Waals surface area contributed by atoms with Crippen molar-refractivity contribution < 1.29 is 18.0 Å². The van der Waals surface area contributed by atoms with Gasteiger partial charge in [-0.05, 0) is 55.5 Å². The number of rotatable bonds is 7. The van der Waals surface area contributed by atoms with Crippen molar-refractivity contribution in [2.75, 3.05) is 26.2 Å². The van der Waals surface area contributed by atoms with E-state index in [1.54, 1.807) is 12.1 Å². The van der Waals surface area contributed by atoms with Gasteiger partial charge in [-0.3, -0.25) is 4.79 Å². The van der Waals surface area contributed by atoms with Gasteiger partial charge >= 0.3 is 6.18 Å². The average molecular weight is 354 g/mol. The van der Waals surface area contributed by atoms with Crippen molar-refractivity contribution >= 4 is 5.91 Å². The van der Waals surface area contributed by atoms with E-state index in [1.807, 2.05) is 0 Å². The fourth-order valence-electron chi connectivity index (χ4n) is 4.40. The highest BCUT2D eigenvalue weighted by molar-refractivity contribution is 5.87. The molecule has 0 aliphatic heterocycles. The number of hydrogen-bond donors (Lipinski definition) is 1. The number of nitrogens with one attached hydrogen (secondary N) is 1. The van der Waals surface area contributed by atoms with E-state index in [1.165, 1.54) is 0 Å². The maximum atomic E-state index is 12.7. The monoisotopic (exact) mass is 354 g/mol. The van der Waals surface area contributed by atoms with Crippen molar-refractivity contribution in [3.05, 3.63) is 35.4 Å². The van der Waals surface area contributed by atoms with Crippen LogP contribution in [0.3, 0.4) is 0 Å². The summed E-state index contributed by atoms with van der Waals surface area (Å²) in [7, 11) is 0. The van der Waals surface area contributed by atoms with E-state index < -0.39 is 11.7 Å². The summed E-state index contributed by atoms with van der Waals surface area (Å²) in [5.41, 5.74) is -0.0585. The van der Waals surface area contributed by atoms with Crippen molar-refractivity contribution in [1.82, 2.24) is 10.2 Å². The summed E-state index contributed by atoms with van der Waals surface area (Å²) in [5, 5.41) is 3.03. The van der Waals surface area contributed by atoms with Gasteiger partial charge in [-0.1, -0.05) is 26.0 Å². The van der Waals surface area contributed by atoms with Crippen LogP contribution in [0.4, 0.5) is 13.2 Å². The maximum absolute atomic E-state index is 12.7. The molecule has 0 spiro atoms. The Morgan fingerprint density at radius 3 is 2.16 bits per heavy atom. The van der Waals surface area contributed by atoms with E-state index in [-0.39, 0.29) is 16.7 Å². The van der Waals surface area contributed by atoms with Gasteiger partial charge in [0.25, 0.3) is 0 Å². The second-order valence-electron chi connectivity index (χ2n) is 7.45. The molecule has 6 heteroatoms. The molecule has 0 radical (unpaired) electrons. The number of amides is 1. The van der Waals surface area contributed by atoms with Gasteiger partial charge in [0.05, 0.1) is 11.0 Å². The van der Waals surface area contributed by atoms with Crippen molar-refractivity contribution in [3.8, 4) is 0 Å². The number of carbonyl (C=O) groups excluding carboxylic acids is 1. The van der Waals surface area contributed by atoms with Crippen LogP contribution in [0.25, 0.3) is 0 Å². The Hall–Kier alpha value is -1.56. The lowest BCUT2D eigenvalue weighted by atomic mass is 9.33. The molecule has 0 unspecified atom stereocenters. The molecule has 0 heterocycles. The number of alkyl halides is 3. The summed E-state index contributed by atoms with van der Waals surface area (Å²) in [5.74, 6) is 0.105. The Balaban J connectivity index is 1.52. The Morgan fingerprint density at radius 2 is 1.68 bits per heavy atom. The van der Waals surface area contributed by atoms with Crippen LogP contribution in [0.1, 0.15) is 44.2 Å². The van der Waals surface area contributed by atoms with Gasteiger partial charge in [-0.2, -0.15) is 13.2 Å². The minimum Gasteiger partial charge on any atom is -0.354 e. The summed E-state index contributed by atoms with van der Waals surface area (Å²) in [6.45, 7) is 7.62. The molecule has 3 fully saturated rings. The highest BCUT2D eigenvalue weighted by Gasteiger charge is 2.71. The first-order chi connectivity index (χ1) is 11.7. The van der Waals surface area contributed by atoms with Gasteiger partial charge in [0.15, 0.2) is 0 Å². The predicted octanol–water partition coefficient (Wildman–Crippen LogP) is 3.59. The first kappa shape index (κ1) is 18.2. The van der Waals surface area contributed by atoms with Crippen LogP contribution in [0.5, 0.6) is 0 Å². The van der Waals surface area contributed by atoms with E-state index in [9.17, 15) is 18.0 Å². The molecule has 4 rings (SSSR count). The molecule has 1 aromatic rings. The smallest absolute Gasteiger partial charge is 0.354 e. The van der Waals surface area contributed by atoms with Crippen molar-refractivity contribution in [2.45, 2.75) is 44.7 Å². The van der Waals surface area contributed by atoms with Gasteiger partial charge in [-0.15, -0.1) is 0 Å². The maximum Gasteiger partial charge on any atom is 0.416 e.